The van der Waals surface area contributed by atoms with E-state index in [9.17, 15) is 19.2 Å². The Morgan fingerprint density at radius 1 is 1.03 bits per heavy atom. The molecule has 0 aliphatic heterocycles. The molecule has 2 rings (SSSR count). The maximum Gasteiger partial charge on any atom is 0.274 e. The van der Waals surface area contributed by atoms with E-state index in [2.05, 4.69) is 31.4 Å². The number of nitrogens with zero attached hydrogens (tertiary/aromatic N) is 2. The lowest BCUT2D eigenvalue weighted by Crippen LogP contribution is -2.51. The van der Waals surface area contributed by atoms with Gasteiger partial charge in [0.25, 0.3) is 11.8 Å². The fourth-order valence-corrected chi connectivity index (χ4v) is 2.64. The second kappa shape index (κ2) is 11.0. The first-order valence-corrected chi connectivity index (χ1v) is 10.1. The summed E-state index contributed by atoms with van der Waals surface area (Å²) in [7, 11) is 0. The smallest absolute Gasteiger partial charge is 0.274 e. The van der Waals surface area contributed by atoms with Crippen LogP contribution in [0.2, 0.25) is 0 Å². The van der Waals surface area contributed by atoms with E-state index in [1.807, 2.05) is 0 Å². The summed E-state index contributed by atoms with van der Waals surface area (Å²) >= 11 is 0. The molecule has 172 valence electrons. The lowest BCUT2D eigenvalue weighted by Gasteiger charge is -2.23. The first kappa shape index (κ1) is 24.5. The van der Waals surface area contributed by atoms with E-state index in [0.717, 1.165) is 0 Å². The van der Waals surface area contributed by atoms with Crippen molar-refractivity contribution < 1.29 is 23.7 Å². The summed E-state index contributed by atoms with van der Waals surface area (Å²) in [4.78, 5) is 53.3. The molecular formula is C21H28N6O5. The van der Waals surface area contributed by atoms with Crippen LogP contribution in [0.3, 0.4) is 0 Å². The molecule has 0 saturated heterocycles. The zero-order valence-corrected chi connectivity index (χ0v) is 18.5. The molecule has 2 heterocycles. The van der Waals surface area contributed by atoms with Crippen LogP contribution in [0.5, 0.6) is 0 Å². The normalized spacial score (nSPS) is 11.9. The summed E-state index contributed by atoms with van der Waals surface area (Å²) in [6.07, 6.45) is 1.23. The summed E-state index contributed by atoms with van der Waals surface area (Å²) in [6, 6.07) is 5.23. The Morgan fingerprint density at radius 2 is 1.75 bits per heavy atom. The Bertz CT molecular complexity index is 951. The van der Waals surface area contributed by atoms with Gasteiger partial charge in [-0.2, -0.15) is 0 Å². The molecule has 0 aliphatic rings. The molecular weight excluding hydrogens is 416 g/mol. The Labute approximate surface area is 185 Å². The number of hydrogen-bond acceptors (Lipinski definition) is 7. The van der Waals surface area contributed by atoms with Gasteiger partial charge in [0.15, 0.2) is 5.69 Å². The quantitative estimate of drug-likeness (QED) is 0.406. The number of nitrogens with one attached hydrogen (secondary N) is 4. The van der Waals surface area contributed by atoms with E-state index in [1.165, 1.54) is 12.3 Å². The van der Waals surface area contributed by atoms with Gasteiger partial charge in [-0.15, -0.1) is 0 Å². The molecule has 2 aromatic rings. The molecule has 2 aromatic heterocycles. The van der Waals surface area contributed by atoms with E-state index < -0.39 is 29.3 Å². The summed E-state index contributed by atoms with van der Waals surface area (Å²) in [6.45, 7) is 7.28. The van der Waals surface area contributed by atoms with Gasteiger partial charge in [0.1, 0.15) is 17.5 Å². The van der Waals surface area contributed by atoms with Crippen LogP contribution in [0.15, 0.2) is 35.0 Å². The van der Waals surface area contributed by atoms with Crippen molar-refractivity contribution in [2.24, 2.45) is 0 Å². The molecule has 4 N–H and O–H groups in total. The molecule has 0 bridgehead atoms. The van der Waals surface area contributed by atoms with Gasteiger partial charge in [-0.05, 0) is 39.8 Å². The molecule has 0 aromatic carbocycles. The zero-order valence-electron chi connectivity index (χ0n) is 18.5. The highest BCUT2D eigenvalue weighted by Crippen LogP contribution is 2.05. The van der Waals surface area contributed by atoms with E-state index in [4.69, 9.17) is 4.52 Å². The summed E-state index contributed by atoms with van der Waals surface area (Å²) < 4.78 is 4.88. The van der Waals surface area contributed by atoms with Gasteiger partial charge in [-0.1, -0.05) is 11.2 Å². The molecule has 0 radical (unpaired) electrons. The minimum absolute atomic E-state index is 0.000783. The largest absolute Gasteiger partial charge is 0.361 e. The molecule has 32 heavy (non-hydrogen) atoms. The van der Waals surface area contributed by atoms with Crippen LogP contribution in [0.4, 0.5) is 0 Å². The molecule has 0 spiro atoms. The van der Waals surface area contributed by atoms with E-state index in [-0.39, 0.29) is 36.8 Å². The summed E-state index contributed by atoms with van der Waals surface area (Å²) in [5.74, 6) is -1.57. The Morgan fingerprint density at radius 3 is 2.34 bits per heavy atom. The van der Waals surface area contributed by atoms with Crippen molar-refractivity contribution >= 4 is 23.6 Å². The average Bonchev–Trinajstić information content (AvgIpc) is 3.16. The molecule has 1 atom stereocenters. The van der Waals surface area contributed by atoms with E-state index in [1.54, 1.807) is 45.9 Å². The SMILES string of the molecule is Cc1cc(C(=O)N[C@@H](CC(=O)NC(C)(C)C)C(=O)NCCNC(=O)c2ccccn2)no1. The monoisotopic (exact) mass is 444 g/mol. The molecule has 4 amide bonds. The van der Waals surface area contributed by atoms with E-state index in [0.29, 0.717) is 5.76 Å². The first-order chi connectivity index (χ1) is 15.0. The van der Waals surface area contributed by atoms with Gasteiger partial charge in [-0.25, -0.2) is 0 Å². The predicted molar refractivity (Wildman–Crippen MR) is 115 cm³/mol. The van der Waals surface area contributed by atoms with Crippen LogP contribution in [0, 0.1) is 6.92 Å². The van der Waals surface area contributed by atoms with Crippen molar-refractivity contribution in [2.45, 2.75) is 45.7 Å². The van der Waals surface area contributed by atoms with Gasteiger partial charge in [0.05, 0.1) is 6.42 Å². The second-order valence-corrected chi connectivity index (χ2v) is 8.11. The lowest BCUT2D eigenvalue weighted by molar-refractivity contribution is -0.128. The van der Waals surface area contributed by atoms with Crippen LogP contribution in [-0.4, -0.2) is 58.4 Å². The fraction of sp³-hybridized carbons (Fsp3) is 0.429. The highest BCUT2D eigenvalue weighted by atomic mass is 16.5. The topological polar surface area (TPSA) is 155 Å². The van der Waals surface area contributed by atoms with Crippen molar-refractivity contribution in [1.82, 2.24) is 31.4 Å². The maximum atomic E-state index is 12.7. The summed E-state index contributed by atoms with van der Waals surface area (Å²) in [5, 5.41) is 14.1. The van der Waals surface area contributed by atoms with Gasteiger partial charge >= 0.3 is 0 Å². The lowest BCUT2D eigenvalue weighted by atomic mass is 10.1. The van der Waals surface area contributed by atoms with Crippen molar-refractivity contribution in [3.63, 3.8) is 0 Å². The van der Waals surface area contributed by atoms with Crippen molar-refractivity contribution in [3.8, 4) is 0 Å². The van der Waals surface area contributed by atoms with Crippen molar-refractivity contribution in [1.29, 1.82) is 0 Å². The van der Waals surface area contributed by atoms with Crippen molar-refractivity contribution in [3.05, 3.63) is 47.6 Å². The van der Waals surface area contributed by atoms with Crippen LogP contribution in [0.25, 0.3) is 0 Å². The molecule has 0 unspecified atom stereocenters. The van der Waals surface area contributed by atoms with E-state index >= 15 is 0 Å². The van der Waals surface area contributed by atoms with Gasteiger partial charge in [-0.3, -0.25) is 24.2 Å². The number of rotatable bonds is 9. The highest BCUT2D eigenvalue weighted by molar-refractivity contribution is 5.97. The number of carbonyl (C=O) groups is 4. The highest BCUT2D eigenvalue weighted by Gasteiger charge is 2.27. The minimum Gasteiger partial charge on any atom is -0.361 e. The Kier molecular flexibility index (Phi) is 8.45. The number of pyridine rings is 1. The standard InChI is InChI=1S/C21H28N6O5/c1-13-11-16(27-32-13)20(31)25-15(12-17(28)26-21(2,3)4)19(30)24-10-9-23-18(29)14-7-5-6-8-22-14/h5-8,11,15H,9-10,12H2,1-4H3,(H,23,29)(H,24,30)(H,25,31)(H,26,28)/t15-/m0/s1. The zero-order chi connectivity index (χ0) is 23.7. The van der Waals surface area contributed by atoms with Crippen LogP contribution >= 0.6 is 0 Å². The molecule has 11 heteroatoms. The number of aryl methyl sites for hydroxylation is 1. The number of amides is 4. The number of carbonyl (C=O) groups excluding carboxylic acids is 4. The van der Waals surface area contributed by atoms with Crippen LogP contribution in [0.1, 0.15) is 53.9 Å². The fourth-order valence-electron chi connectivity index (χ4n) is 2.64. The van der Waals surface area contributed by atoms with Crippen LogP contribution < -0.4 is 21.3 Å². The van der Waals surface area contributed by atoms with Gasteiger partial charge in [0, 0.05) is 30.9 Å². The third-order valence-electron chi connectivity index (χ3n) is 3.99. The number of aromatic nitrogens is 2. The molecule has 0 fully saturated rings. The third kappa shape index (κ3) is 8.17. The first-order valence-electron chi connectivity index (χ1n) is 10.1. The minimum atomic E-state index is -1.15. The predicted octanol–water partition coefficient (Wildman–Crippen LogP) is 0.327. The van der Waals surface area contributed by atoms with Crippen molar-refractivity contribution in [2.75, 3.05) is 13.1 Å². The van der Waals surface area contributed by atoms with Gasteiger partial charge in [0.2, 0.25) is 11.8 Å². The van der Waals surface area contributed by atoms with Gasteiger partial charge < -0.3 is 25.8 Å². The second-order valence-electron chi connectivity index (χ2n) is 8.11. The third-order valence-corrected chi connectivity index (χ3v) is 3.99. The molecule has 0 aliphatic carbocycles. The number of hydrogen-bond donors (Lipinski definition) is 4. The Balaban J connectivity index is 1.93. The Hall–Kier alpha value is -3.76. The average molecular weight is 444 g/mol. The molecule has 11 nitrogen and oxygen atoms in total. The maximum absolute atomic E-state index is 12.7. The molecule has 0 saturated carbocycles. The van der Waals surface area contributed by atoms with Crippen LogP contribution in [-0.2, 0) is 9.59 Å². The summed E-state index contributed by atoms with van der Waals surface area (Å²) in [5.41, 5.74) is -0.244.